The van der Waals surface area contributed by atoms with Crippen LogP contribution in [0.3, 0.4) is 0 Å². The molecule has 1 saturated heterocycles. The first kappa shape index (κ1) is 18.9. The summed E-state index contributed by atoms with van der Waals surface area (Å²) in [5.41, 5.74) is 1.07. The van der Waals surface area contributed by atoms with Gasteiger partial charge in [-0.1, -0.05) is 78.4 Å². The zero-order chi connectivity index (χ0) is 16.2. The van der Waals surface area contributed by atoms with Gasteiger partial charge >= 0.3 is 0 Å². The predicted octanol–water partition coefficient (Wildman–Crippen LogP) is 5.24. The van der Waals surface area contributed by atoms with Crippen molar-refractivity contribution in [3.05, 3.63) is 35.9 Å². The van der Waals surface area contributed by atoms with Crippen LogP contribution >= 0.6 is 15.9 Å². The van der Waals surface area contributed by atoms with Crippen molar-refractivity contribution in [1.29, 1.82) is 0 Å². The molecule has 1 heterocycles. The van der Waals surface area contributed by atoms with Crippen molar-refractivity contribution < 1.29 is 14.2 Å². The third kappa shape index (κ3) is 7.79. The third-order valence-electron chi connectivity index (χ3n) is 4.07. The number of ether oxygens (including phenoxy) is 3. The van der Waals surface area contributed by atoms with Crippen molar-refractivity contribution in [2.75, 3.05) is 25.2 Å². The Balaban J connectivity index is 1.46. The molecule has 1 aliphatic rings. The van der Waals surface area contributed by atoms with E-state index in [1.54, 1.807) is 0 Å². The van der Waals surface area contributed by atoms with E-state index in [4.69, 9.17) is 14.2 Å². The minimum atomic E-state index is -0.240. The topological polar surface area (TPSA) is 27.7 Å². The fourth-order valence-electron chi connectivity index (χ4n) is 2.71. The van der Waals surface area contributed by atoms with Gasteiger partial charge in [-0.05, 0) is 12.8 Å². The van der Waals surface area contributed by atoms with Crippen LogP contribution in [-0.2, 0) is 14.2 Å². The molecule has 0 N–H and O–H groups in total. The monoisotopic (exact) mass is 384 g/mol. The summed E-state index contributed by atoms with van der Waals surface area (Å²) in [5, 5.41) is 1.14. The Morgan fingerprint density at radius 2 is 1.48 bits per heavy atom. The van der Waals surface area contributed by atoms with E-state index < -0.39 is 0 Å². The number of unbranched alkanes of at least 4 members (excludes halogenated alkanes) is 6. The summed E-state index contributed by atoms with van der Waals surface area (Å²) in [6.45, 7) is 2.05. The van der Waals surface area contributed by atoms with Crippen LogP contribution in [0.2, 0.25) is 0 Å². The summed E-state index contributed by atoms with van der Waals surface area (Å²) in [6, 6.07) is 10.1. The van der Waals surface area contributed by atoms with E-state index in [2.05, 4.69) is 15.9 Å². The number of halogens is 1. The molecule has 0 aliphatic carbocycles. The SMILES string of the molecule is BrCCCCCCCCCOC1COC(c2ccccc2)OC1. The van der Waals surface area contributed by atoms with Crippen LogP contribution in [0.25, 0.3) is 0 Å². The molecule has 0 spiro atoms. The minimum Gasteiger partial charge on any atom is -0.373 e. The minimum absolute atomic E-state index is 0.0777. The van der Waals surface area contributed by atoms with E-state index in [1.165, 1.54) is 38.5 Å². The van der Waals surface area contributed by atoms with Crippen molar-refractivity contribution in [2.45, 2.75) is 57.3 Å². The summed E-state index contributed by atoms with van der Waals surface area (Å²) in [5.74, 6) is 0. The molecule has 23 heavy (non-hydrogen) atoms. The van der Waals surface area contributed by atoms with E-state index in [1.807, 2.05) is 30.3 Å². The first-order chi connectivity index (χ1) is 11.4. The van der Waals surface area contributed by atoms with Gasteiger partial charge in [-0.3, -0.25) is 0 Å². The van der Waals surface area contributed by atoms with Gasteiger partial charge in [-0.2, -0.15) is 0 Å². The molecule has 2 rings (SSSR count). The van der Waals surface area contributed by atoms with Gasteiger partial charge in [-0.25, -0.2) is 0 Å². The highest BCUT2D eigenvalue weighted by molar-refractivity contribution is 9.09. The molecule has 1 aromatic rings. The summed E-state index contributed by atoms with van der Waals surface area (Å²) < 4.78 is 17.4. The largest absolute Gasteiger partial charge is 0.373 e. The lowest BCUT2D eigenvalue weighted by Gasteiger charge is -2.29. The Bertz CT molecular complexity index is 391. The molecule has 130 valence electrons. The standard InChI is InChI=1S/C19H29BrO3/c20-13-9-4-2-1-3-5-10-14-21-18-15-22-19(23-16-18)17-11-7-6-8-12-17/h6-8,11-12,18-19H,1-5,9-10,13-16H2. The van der Waals surface area contributed by atoms with Crippen molar-refractivity contribution in [3.8, 4) is 0 Å². The summed E-state index contributed by atoms with van der Waals surface area (Å²) in [4.78, 5) is 0. The molecular weight excluding hydrogens is 356 g/mol. The number of hydrogen-bond donors (Lipinski definition) is 0. The van der Waals surface area contributed by atoms with E-state index in [9.17, 15) is 0 Å². The molecule has 1 aliphatic heterocycles. The Morgan fingerprint density at radius 1 is 0.870 bits per heavy atom. The highest BCUT2D eigenvalue weighted by Gasteiger charge is 2.23. The van der Waals surface area contributed by atoms with Gasteiger partial charge in [0.05, 0.1) is 13.2 Å². The lowest BCUT2D eigenvalue weighted by molar-refractivity contribution is -0.230. The van der Waals surface area contributed by atoms with Crippen LogP contribution in [0.4, 0.5) is 0 Å². The Kier molecular flexibility index (Phi) is 9.88. The summed E-state index contributed by atoms with van der Waals surface area (Å²) in [6.07, 6.45) is 8.91. The Labute approximate surface area is 148 Å². The van der Waals surface area contributed by atoms with E-state index in [-0.39, 0.29) is 12.4 Å². The van der Waals surface area contributed by atoms with Gasteiger partial charge in [0.1, 0.15) is 6.10 Å². The van der Waals surface area contributed by atoms with Crippen LogP contribution < -0.4 is 0 Å². The molecule has 0 radical (unpaired) electrons. The number of hydrogen-bond acceptors (Lipinski definition) is 3. The van der Waals surface area contributed by atoms with E-state index in [0.717, 1.165) is 23.9 Å². The third-order valence-corrected chi connectivity index (χ3v) is 4.63. The summed E-state index contributed by atoms with van der Waals surface area (Å²) in [7, 11) is 0. The second-order valence-electron chi connectivity index (χ2n) is 6.07. The fourth-order valence-corrected chi connectivity index (χ4v) is 3.11. The fraction of sp³-hybridized carbons (Fsp3) is 0.684. The first-order valence-electron chi connectivity index (χ1n) is 8.86. The normalized spacial score (nSPS) is 21.4. The average Bonchev–Trinajstić information content (AvgIpc) is 2.62. The van der Waals surface area contributed by atoms with Gasteiger partial charge in [-0.15, -0.1) is 0 Å². The molecular formula is C19H29BrO3. The van der Waals surface area contributed by atoms with Gasteiger partial charge in [0, 0.05) is 17.5 Å². The molecule has 0 aromatic heterocycles. The average molecular weight is 385 g/mol. The Morgan fingerprint density at radius 3 is 2.13 bits per heavy atom. The van der Waals surface area contributed by atoms with Gasteiger partial charge in [0.15, 0.2) is 6.29 Å². The smallest absolute Gasteiger partial charge is 0.184 e. The van der Waals surface area contributed by atoms with E-state index >= 15 is 0 Å². The molecule has 1 aromatic carbocycles. The van der Waals surface area contributed by atoms with Crippen molar-refractivity contribution in [1.82, 2.24) is 0 Å². The second-order valence-corrected chi connectivity index (χ2v) is 6.86. The lowest BCUT2D eigenvalue weighted by Crippen LogP contribution is -2.33. The zero-order valence-corrected chi connectivity index (χ0v) is 15.5. The van der Waals surface area contributed by atoms with Crippen LogP contribution in [0.15, 0.2) is 30.3 Å². The maximum atomic E-state index is 5.86. The first-order valence-corrected chi connectivity index (χ1v) is 9.98. The quantitative estimate of drug-likeness (QED) is 0.385. The Hall–Kier alpha value is -0.420. The molecule has 1 fully saturated rings. The molecule has 0 unspecified atom stereocenters. The van der Waals surface area contributed by atoms with Crippen LogP contribution in [0.1, 0.15) is 56.8 Å². The van der Waals surface area contributed by atoms with Crippen molar-refractivity contribution in [2.24, 2.45) is 0 Å². The van der Waals surface area contributed by atoms with Gasteiger partial charge in [0.25, 0.3) is 0 Å². The number of alkyl halides is 1. The van der Waals surface area contributed by atoms with Crippen LogP contribution in [0, 0.1) is 0 Å². The highest BCUT2D eigenvalue weighted by atomic mass is 79.9. The van der Waals surface area contributed by atoms with Crippen molar-refractivity contribution in [3.63, 3.8) is 0 Å². The summed E-state index contributed by atoms with van der Waals surface area (Å²) >= 11 is 3.47. The van der Waals surface area contributed by atoms with Crippen LogP contribution in [-0.4, -0.2) is 31.3 Å². The second kappa shape index (κ2) is 12.0. The molecule has 0 saturated carbocycles. The molecule has 3 nitrogen and oxygen atoms in total. The molecule has 0 bridgehead atoms. The maximum Gasteiger partial charge on any atom is 0.184 e. The van der Waals surface area contributed by atoms with Crippen molar-refractivity contribution >= 4 is 15.9 Å². The molecule has 4 heteroatoms. The molecule has 0 amide bonds. The zero-order valence-electron chi connectivity index (χ0n) is 13.9. The predicted molar refractivity (Wildman–Crippen MR) is 96.9 cm³/mol. The highest BCUT2D eigenvalue weighted by Crippen LogP contribution is 2.23. The lowest BCUT2D eigenvalue weighted by atomic mass is 10.1. The van der Waals surface area contributed by atoms with Crippen LogP contribution in [0.5, 0.6) is 0 Å². The maximum absolute atomic E-state index is 5.86. The molecule has 0 atom stereocenters. The van der Waals surface area contributed by atoms with Gasteiger partial charge < -0.3 is 14.2 Å². The number of benzene rings is 1. The van der Waals surface area contributed by atoms with E-state index in [0.29, 0.717) is 13.2 Å². The van der Waals surface area contributed by atoms with Gasteiger partial charge in [0.2, 0.25) is 0 Å². The number of rotatable bonds is 11.